The SMILES string of the molecule is COc1ccc(S(=O)(=O)N2C(=O)C(c3cc(C)ccc3OC)(N3C[C@@H](O)C[C@H]3C(=O)N(C)C)c3cc(Cl)ccc32)c(OC(F)(F)F)c1. The summed E-state index contributed by atoms with van der Waals surface area (Å²) in [7, 11) is 0.289. The minimum atomic E-state index is -5.30. The Hall–Kier alpha value is -4.05. The molecule has 1 N–H and O–H groups in total. The Morgan fingerprint density at radius 3 is 2.34 bits per heavy atom. The largest absolute Gasteiger partial charge is 0.573 e. The van der Waals surface area contributed by atoms with Crippen LogP contribution in [-0.2, 0) is 25.2 Å². The van der Waals surface area contributed by atoms with Crippen molar-refractivity contribution >= 4 is 39.1 Å². The molecule has 1 fully saturated rings. The van der Waals surface area contributed by atoms with E-state index in [2.05, 4.69) is 4.74 Å². The van der Waals surface area contributed by atoms with Crippen LogP contribution in [0.4, 0.5) is 18.9 Å². The number of likely N-dealkylation sites (N-methyl/N-ethyl adjacent to an activating group) is 1. The van der Waals surface area contributed by atoms with Crippen LogP contribution < -0.4 is 18.5 Å². The maximum Gasteiger partial charge on any atom is 0.573 e. The van der Waals surface area contributed by atoms with Crippen molar-refractivity contribution in [1.29, 1.82) is 0 Å². The van der Waals surface area contributed by atoms with Gasteiger partial charge in [-0.05, 0) is 55.8 Å². The molecule has 0 aromatic heterocycles. The first-order valence-electron chi connectivity index (χ1n) is 14.1. The third-order valence-corrected chi connectivity index (χ3v) is 10.1. The molecular formula is C31H31ClF3N3O8S. The van der Waals surface area contributed by atoms with Crippen LogP contribution in [-0.4, -0.2) is 88.5 Å². The minimum absolute atomic E-state index is 0.0000625. The first kappa shape index (κ1) is 34.3. The fourth-order valence-electron chi connectivity index (χ4n) is 6.23. The van der Waals surface area contributed by atoms with Crippen LogP contribution in [0.2, 0.25) is 5.02 Å². The van der Waals surface area contributed by atoms with Gasteiger partial charge in [0.2, 0.25) is 5.91 Å². The van der Waals surface area contributed by atoms with Crippen LogP contribution in [0.3, 0.4) is 0 Å². The number of fused-ring (bicyclic) bond motifs is 1. The van der Waals surface area contributed by atoms with Gasteiger partial charge in [-0.1, -0.05) is 23.2 Å². The number of halogens is 4. The molecule has 16 heteroatoms. The average Bonchev–Trinajstić information content (AvgIpc) is 3.50. The number of sulfonamides is 1. The van der Waals surface area contributed by atoms with Crippen LogP contribution in [0.5, 0.6) is 17.2 Å². The summed E-state index contributed by atoms with van der Waals surface area (Å²) >= 11 is 6.47. The third-order valence-electron chi connectivity index (χ3n) is 8.14. The van der Waals surface area contributed by atoms with Gasteiger partial charge in [0.25, 0.3) is 15.9 Å². The predicted molar refractivity (Wildman–Crippen MR) is 164 cm³/mol. The molecule has 2 aliphatic heterocycles. The lowest BCUT2D eigenvalue weighted by molar-refractivity contribution is -0.275. The van der Waals surface area contributed by atoms with Crippen molar-refractivity contribution in [3.05, 3.63) is 76.3 Å². The number of methoxy groups -OCH3 is 2. The number of amides is 2. The van der Waals surface area contributed by atoms with Crippen LogP contribution in [0.15, 0.2) is 59.5 Å². The van der Waals surface area contributed by atoms with Gasteiger partial charge in [0, 0.05) is 42.9 Å². The van der Waals surface area contributed by atoms with Gasteiger partial charge in [0.1, 0.15) is 16.4 Å². The lowest BCUT2D eigenvalue weighted by Crippen LogP contribution is -2.59. The molecule has 1 saturated heterocycles. The molecule has 1 unspecified atom stereocenters. The number of nitrogens with zero attached hydrogens (tertiary/aromatic N) is 3. The van der Waals surface area contributed by atoms with Gasteiger partial charge >= 0.3 is 6.36 Å². The van der Waals surface area contributed by atoms with Gasteiger partial charge in [-0.2, -0.15) is 0 Å². The summed E-state index contributed by atoms with van der Waals surface area (Å²) in [6, 6.07) is 10.3. The Morgan fingerprint density at radius 2 is 1.72 bits per heavy atom. The minimum Gasteiger partial charge on any atom is -0.497 e. The predicted octanol–water partition coefficient (Wildman–Crippen LogP) is 4.07. The number of likely N-dealkylation sites (tertiary alicyclic amines) is 1. The zero-order chi connectivity index (χ0) is 34.6. The molecule has 3 aromatic carbocycles. The monoisotopic (exact) mass is 697 g/mol. The van der Waals surface area contributed by atoms with E-state index in [0.717, 1.165) is 18.2 Å². The number of β-amino-alcohol motifs (C(OH)–C–C–N with tert-alkyl or cyclic N) is 1. The smallest absolute Gasteiger partial charge is 0.497 e. The fourth-order valence-corrected chi connectivity index (χ4v) is 7.96. The third kappa shape index (κ3) is 5.75. The number of benzene rings is 3. The van der Waals surface area contributed by atoms with Gasteiger partial charge in [0.15, 0.2) is 11.3 Å². The fraction of sp³-hybridized carbons (Fsp3) is 0.355. The molecule has 3 aromatic rings. The molecule has 0 radical (unpaired) electrons. The first-order valence-corrected chi connectivity index (χ1v) is 15.9. The number of rotatable bonds is 8. The number of hydrogen-bond acceptors (Lipinski definition) is 9. The van der Waals surface area contributed by atoms with E-state index in [1.807, 2.05) is 0 Å². The van der Waals surface area contributed by atoms with E-state index < -0.39 is 56.5 Å². The number of ether oxygens (including phenoxy) is 3. The number of anilines is 1. The highest BCUT2D eigenvalue weighted by atomic mass is 35.5. The van der Waals surface area contributed by atoms with Crippen molar-refractivity contribution in [2.45, 2.75) is 42.3 Å². The lowest BCUT2D eigenvalue weighted by atomic mass is 9.80. The Labute approximate surface area is 274 Å². The number of aryl methyl sites for hydroxylation is 1. The molecule has 0 bridgehead atoms. The van der Waals surface area contributed by atoms with Crippen molar-refractivity contribution in [2.24, 2.45) is 0 Å². The zero-order valence-corrected chi connectivity index (χ0v) is 27.4. The molecule has 47 heavy (non-hydrogen) atoms. The maximum absolute atomic E-state index is 15.3. The molecule has 0 spiro atoms. The quantitative estimate of drug-likeness (QED) is 0.371. The van der Waals surface area contributed by atoms with Crippen LogP contribution >= 0.6 is 11.6 Å². The van der Waals surface area contributed by atoms with E-state index in [1.165, 1.54) is 56.3 Å². The molecule has 252 valence electrons. The van der Waals surface area contributed by atoms with Crippen LogP contribution in [0.25, 0.3) is 0 Å². The summed E-state index contributed by atoms with van der Waals surface area (Å²) in [6.07, 6.45) is -6.53. The Bertz CT molecular complexity index is 1860. The summed E-state index contributed by atoms with van der Waals surface area (Å²) in [6.45, 7) is 1.46. The van der Waals surface area contributed by atoms with Gasteiger partial charge in [0.05, 0.1) is 32.1 Å². The second-order valence-corrected chi connectivity index (χ2v) is 13.5. The van der Waals surface area contributed by atoms with Crippen LogP contribution in [0.1, 0.15) is 23.1 Å². The molecule has 5 rings (SSSR count). The summed E-state index contributed by atoms with van der Waals surface area (Å²) < 4.78 is 84.9. The first-order chi connectivity index (χ1) is 22.0. The highest BCUT2D eigenvalue weighted by molar-refractivity contribution is 7.93. The maximum atomic E-state index is 15.3. The highest BCUT2D eigenvalue weighted by Gasteiger charge is 2.64. The van der Waals surface area contributed by atoms with Gasteiger partial charge < -0.3 is 24.2 Å². The van der Waals surface area contributed by atoms with Crippen molar-refractivity contribution in [1.82, 2.24) is 9.80 Å². The molecule has 0 saturated carbocycles. The topological polar surface area (TPSA) is 126 Å². The zero-order valence-electron chi connectivity index (χ0n) is 25.8. The van der Waals surface area contributed by atoms with E-state index in [4.69, 9.17) is 21.1 Å². The number of alkyl halides is 3. The second-order valence-electron chi connectivity index (χ2n) is 11.3. The highest BCUT2D eigenvalue weighted by Crippen LogP contribution is 2.55. The van der Waals surface area contributed by atoms with Gasteiger partial charge in [-0.3, -0.25) is 14.5 Å². The van der Waals surface area contributed by atoms with E-state index in [9.17, 15) is 31.5 Å². The second kappa shape index (κ2) is 12.2. The van der Waals surface area contributed by atoms with Crippen LogP contribution in [0, 0.1) is 6.92 Å². The van der Waals surface area contributed by atoms with Gasteiger partial charge in [-0.25, -0.2) is 12.7 Å². The Morgan fingerprint density at radius 1 is 1.02 bits per heavy atom. The molecule has 2 heterocycles. The van der Waals surface area contributed by atoms with Crippen molar-refractivity contribution < 1.29 is 50.5 Å². The van der Waals surface area contributed by atoms with E-state index >= 15 is 4.79 Å². The van der Waals surface area contributed by atoms with Crippen molar-refractivity contribution in [3.63, 3.8) is 0 Å². The number of aliphatic hydroxyl groups is 1. The van der Waals surface area contributed by atoms with E-state index in [0.29, 0.717) is 9.87 Å². The normalized spacial score (nSPS) is 21.5. The summed E-state index contributed by atoms with van der Waals surface area (Å²) in [5, 5.41) is 11.0. The number of aliphatic hydroxyl groups excluding tert-OH is 1. The van der Waals surface area contributed by atoms with Crippen molar-refractivity contribution in [2.75, 3.05) is 39.2 Å². The standard InChI is InChI=1S/C31H31ClF3N3O8S/c1-17-6-10-25(45-5)22(12-17)30(37-16-19(39)14-24(37)28(40)36(2)3)21-13-18(32)7-9-23(21)38(29(30)41)47(42,43)27-11-8-20(44-4)15-26(27)46-31(33,34)35/h6-13,15,19,24,39H,14,16H2,1-5H3/t19-,24-,30?/m0/s1. The summed E-state index contributed by atoms with van der Waals surface area (Å²) in [4.78, 5) is 30.6. The molecule has 0 aliphatic carbocycles. The van der Waals surface area contributed by atoms with E-state index in [1.54, 1.807) is 25.1 Å². The Balaban J connectivity index is 1.87. The average molecular weight is 698 g/mol. The summed E-state index contributed by atoms with van der Waals surface area (Å²) in [5.41, 5.74) is -1.67. The van der Waals surface area contributed by atoms with Crippen molar-refractivity contribution in [3.8, 4) is 17.2 Å². The molecule has 11 nitrogen and oxygen atoms in total. The molecule has 2 aliphatic rings. The number of hydrogen-bond donors (Lipinski definition) is 1. The molecule has 2 amide bonds. The lowest BCUT2D eigenvalue weighted by Gasteiger charge is -2.42. The number of carbonyl (C=O) groups is 2. The molecule has 3 atom stereocenters. The molecular weight excluding hydrogens is 667 g/mol. The Kier molecular flexibility index (Phi) is 8.90. The summed E-state index contributed by atoms with van der Waals surface area (Å²) in [5.74, 6) is -2.79. The number of carbonyl (C=O) groups excluding carboxylic acids is 2. The van der Waals surface area contributed by atoms with E-state index in [-0.39, 0.29) is 46.3 Å². The van der Waals surface area contributed by atoms with Gasteiger partial charge in [-0.15, -0.1) is 13.2 Å².